The van der Waals surface area contributed by atoms with Crippen molar-refractivity contribution in [3.8, 4) is 5.75 Å². The number of fused-ring (bicyclic) bond motifs is 1. The molecule has 2 N–H and O–H groups in total. The molecule has 2 amide bonds. The van der Waals surface area contributed by atoms with E-state index in [1.54, 1.807) is 7.11 Å². The molecule has 5 heteroatoms. The van der Waals surface area contributed by atoms with Gasteiger partial charge in [-0.05, 0) is 67.9 Å². The minimum Gasteiger partial charge on any atom is -0.497 e. The Balaban J connectivity index is 1.41. The van der Waals surface area contributed by atoms with Crippen LogP contribution in [0.3, 0.4) is 0 Å². The van der Waals surface area contributed by atoms with E-state index < -0.39 is 5.60 Å². The molecule has 5 nitrogen and oxygen atoms in total. The molecular formula is C23H28N2O3. The van der Waals surface area contributed by atoms with Gasteiger partial charge in [-0.3, -0.25) is 0 Å². The van der Waals surface area contributed by atoms with Gasteiger partial charge < -0.3 is 20.1 Å². The summed E-state index contributed by atoms with van der Waals surface area (Å²) in [6.45, 7) is 5.43. The maximum Gasteiger partial charge on any atom is 0.321 e. The normalized spacial score (nSPS) is 26.2. The lowest BCUT2D eigenvalue weighted by atomic mass is 9.90. The second kappa shape index (κ2) is 7.13. The van der Waals surface area contributed by atoms with E-state index >= 15 is 0 Å². The summed E-state index contributed by atoms with van der Waals surface area (Å²) in [5.74, 6) is 1.40. The van der Waals surface area contributed by atoms with Gasteiger partial charge in [-0.2, -0.15) is 0 Å². The number of rotatable bonds is 3. The number of amides is 2. The van der Waals surface area contributed by atoms with Crippen molar-refractivity contribution >= 4 is 11.7 Å². The molecule has 1 heterocycles. The third-order valence-electron chi connectivity index (χ3n) is 6.29. The Labute approximate surface area is 166 Å². The highest BCUT2D eigenvalue weighted by atomic mass is 16.5. The van der Waals surface area contributed by atoms with Crippen molar-refractivity contribution in [2.45, 2.75) is 32.3 Å². The number of methoxy groups -OCH3 is 1. The predicted molar refractivity (Wildman–Crippen MR) is 110 cm³/mol. The quantitative estimate of drug-likeness (QED) is 0.844. The molecule has 4 rings (SSSR count). The van der Waals surface area contributed by atoms with Crippen LogP contribution in [0.2, 0.25) is 0 Å². The number of carbonyl (C=O) groups excluding carboxylic acids is 1. The first-order valence-corrected chi connectivity index (χ1v) is 9.88. The molecule has 1 aliphatic carbocycles. The monoisotopic (exact) mass is 380 g/mol. The zero-order valence-corrected chi connectivity index (χ0v) is 16.7. The first-order valence-electron chi connectivity index (χ1n) is 9.88. The summed E-state index contributed by atoms with van der Waals surface area (Å²) in [7, 11) is 1.64. The van der Waals surface area contributed by atoms with Gasteiger partial charge in [0, 0.05) is 18.8 Å². The second-order valence-electron chi connectivity index (χ2n) is 8.35. The topological polar surface area (TPSA) is 61.8 Å². The fourth-order valence-electron chi connectivity index (χ4n) is 4.81. The third-order valence-corrected chi connectivity index (χ3v) is 6.29. The van der Waals surface area contributed by atoms with Crippen molar-refractivity contribution in [2.75, 3.05) is 25.5 Å². The molecule has 2 aromatic rings. The van der Waals surface area contributed by atoms with E-state index in [2.05, 4.69) is 11.4 Å². The minimum atomic E-state index is -0.833. The second-order valence-corrected chi connectivity index (χ2v) is 8.35. The number of urea groups is 1. The molecule has 1 saturated heterocycles. The Kier molecular flexibility index (Phi) is 4.79. The summed E-state index contributed by atoms with van der Waals surface area (Å²) >= 11 is 0. The number of anilines is 1. The minimum absolute atomic E-state index is 0.0497. The standard InChI is InChI=1S/C23H28N2O3/c1-15-7-8-21(16(2)9-15)24-22(26)25-13-17-11-23(27,12-18(17)14-25)19-5-4-6-20(10-19)28-3/h4-10,17-18,27H,11-14H2,1-3H3,(H,24,26)/t17-,18+,23?. The number of hydrogen-bond donors (Lipinski definition) is 2. The molecule has 1 unspecified atom stereocenters. The number of hydrogen-bond acceptors (Lipinski definition) is 3. The van der Waals surface area contributed by atoms with Gasteiger partial charge in [0.1, 0.15) is 5.75 Å². The van der Waals surface area contributed by atoms with Crippen LogP contribution in [0, 0.1) is 25.7 Å². The summed E-state index contributed by atoms with van der Waals surface area (Å²) in [6, 6.07) is 13.7. The van der Waals surface area contributed by atoms with Crippen LogP contribution in [-0.2, 0) is 5.60 Å². The largest absolute Gasteiger partial charge is 0.497 e. The van der Waals surface area contributed by atoms with E-state index in [1.807, 2.05) is 55.1 Å². The van der Waals surface area contributed by atoms with Crippen LogP contribution in [-0.4, -0.2) is 36.2 Å². The molecule has 2 fully saturated rings. The summed E-state index contributed by atoms with van der Waals surface area (Å²) < 4.78 is 5.30. The average molecular weight is 380 g/mol. The molecule has 148 valence electrons. The Bertz CT molecular complexity index is 881. The average Bonchev–Trinajstić information content (AvgIpc) is 3.20. The number of nitrogens with one attached hydrogen (secondary N) is 1. The fourth-order valence-corrected chi connectivity index (χ4v) is 4.81. The maximum atomic E-state index is 12.7. The van der Waals surface area contributed by atoms with E-state index in [0.29, 0.717) is 37.8 Å². The highest BCUT2D eigenvalue weighted by molar-refractivity contribution is 5.90. The van der Waals surface area contributed by atoms with Gasteiger partial charge in [-0.25, -0.2) is 4.79 Å². The number of aryl methyl sites for hydroxylation is 2. The van der Waals surface area contributed by atoms with Crippen LogP contribution in [0.1, 0.15) is 29.5 Å². The summed E-state index contributed by atoms with van der Waals surface area (Å²) in [5, 5.41) is 14.3. The van der Waals surface area contributed by atoms with Gasteiger partial charge in [0.05, 0.1) is 12.7 Å². The van der Waals surface area contributed by atoms with Crippen molar-refractivity contribution in [3.63, 3.8) is 0 Å². The van der Waals surface area contributed by atoms with Crippen LogP contribution < -0.4 is 10.1 Å². The van der Waals surface area contributed by atoms with E-state index in [0.717, 1.165) is 22.6 Å². The molecule has 1 aliphatic heterocycles. The van der Waals surface area contributed by atoms with Gasteiger partial charge in [0.2, 0.25) is 0 Å². The predicted octanol–water partition coefficient (Wildman–Crippen LogP) is 4.07. The molecule has 0 spiro atoms. The smallest absolute Gasteiger partial charge is 0.321 e. The molecule has 1 saturated carbocycles. The summed E-state index contributed by atoms with van der Waals surface area (Å²) in [4.78, 5) is 14.6. The van der Waals surface area contributed by atoms with Crippen molar-refractivity contribution < 1.29 is 14.6 Å². The number of aliphatic hydroxyl groups is 1. The zero-order valence-electron chi connectivity index (χ0n) is 16.7. The Morgan fingerprint density at radius 2 is 1.86 bits per heavy atom. The van der Waals surface area contributed by atoms with Crippen molar-refractivity contribution in [3.05, 3.63) is 59.2 Å². The van der Waals surface area contributed by atoms with E-state index in [1.165, 1.54) is 5.56 Å². The van der Waals surface area contributed by atoms with Crippen LogP contribution in [0.15, 0.2) is 42.5 Å². The number of carbonyl (C=O) groups is 1. The van der Waals surface area contributed by atoms with E-state index in [-0.39, 0.29) is 6.03 Å². The van der Waals surface area contributed by atoms with Gasteiger partial charge in [0.25, 0.3) is 0 Å². The lowest BCUT2D eigenvalue weighted by Gasteiger charge is -2.27. The molecule has 28 heavy (non-hydrogen) atoms. The SMILES string of the molecule is COc1cccc(C2(O)C[C@H]3CN(C(=O)Nc4ccc(C)cc4C)C[C@H]3C2)c1. The van der Waals surface area contributed by atoms with Crippen molar-refractivity contribution in [1.29, 1.82) is 0 Å². The first kappa shape index (κ1) is 18.8. The van der Waals surface area contributed by atoms with E-state index in [4.69, 9.17) is 4.74 Å². The first-order chi connectivity index (χ1) is 13.4. The molecule has 2 aliphatic rings. The highest BCUT2D eigenvalue weighted by Gasteiger charge is 2.50. The molecule has 3 atom stereocenters. The van der Waals surface area contributed by atoms with Crippen LogP contribution in [0.4, 0.5) is 10.5 Å². The number of nitrogens with zero attached hydrogens (tertiary/aromatic N) is 1. The lowest BCUT2D eigenvalue weighted by molar-refractivity contribution is 0.0326. The van der Waals surface area contributed by atoms with Crippen LogP contribution >= 0.6 is 0 Å². The molecule has 0 radical (unpaired) electrons. The number of ether oxygens (including phenoxy) is 1. The van der Waals surface area contributed by atoms with E-state index in [9.17, 15) is 9.90 Å². The Morgan fingerprint density at radius 3 is 2.50 bits per heavy atom. The third kappa shape index (κ3) is 3.47. The zero-order chi connectivity index (χ0) is 19.9. The fraction of sp³-hybridized carbons (Fsp3) is 0.435. The van der Waals surface area contributed by atoms with Gasteiger partial charge in [-0.15, -0.1) is 0 Å². The van der Waals surface area contributed by atoms with Crippen molar-refractivity contribution in [1.82, 2.24) is 4.90 Å². The Hall–Kier alpha value is -2.53. The number of likely N-dealkylation sites (tertiary alicyclic amines) is 1. The summed E-state index contributed by atoms with van der Waals surface area (Å²) in [6.07, 6.45) is 1.36. The highest BCUT2D eigenvalue weighted by Crippen LogP contribution is 2.49. The van der Waals surface area contributed by atoms with Crippen LogP contribution in [0.5, 0.6) is 5.75 Å². The number of benzene rings is 2. The maximum absolute atomic E-state index is 12.7. The van der Waals surface area contributed by atoms with Crippen molar-refractivity contribution in [2.24, 2.45) is 11.8 Å². The van der Waals surface area contributed by atoms with Gasteiger partial charge in [0.15, 0.2) is 0 Å². The molecular weight excluding hydrogens is 352 g/mol. The lowest BCUT2D eigenvalue weighted by Crippen LogP contribution is -2.35. The van der Waals surface area contributed by atoms with Gasteiger partial charge in [-0.1, -0.05) is 29.8 Å². The molecule has 2 aromatic carbocycles. The van der Waals surface area contributed by atoms with Crippen LogP contribution in [0.25, 0.3) is 0 Å². The van der Waals surface area contributed by atoms with Gasteiger partial charge >= 0.3 is 6.03 Å². The molecule has 0 aromatic heterocycles. The molecule has 0 bridgehead atoms. The Morgan fingerprint density at radius 1 is 1.14 bits per heavy atom. The summed E-state index contributed by atoms with van der Waals surface area (Å²) in [5.41, 5.74) is 3.19.